The van der Waals surface area contributed by atoms with Gasteiger partial charge in [0.15, 0.2) is 0 Å². The van der Waals surface area contributed by atoms with E-state index in [0.717, 1.165) is 18.3 Å². The molecule has 1 heterocycles. The van der Waals surface area contributed by atoms with E-state index in [-0.39, 0.29) is 5.78 Å². The summed E-state index contributed by atoms with van der Waals surface area (Å²) in [4.78, 5) is 21.5. The number of nitrogens with one attached hydrogen (secondary N) is 1. The Morgan fingerprint density at radius 3 is 2.89 bits per heavy atom. The number of ketones is 1. The number of rotatable bonds is 7. The van der Waals surface area contributed by atoms with Crippen molar-refractivity contribution in [1.29, 1.82) is 0 Å². The molecule has 0 saturated heterocycles. The number of hydrogen-bond acceptors (Lipinski definition) is 5. The summed E-state index contributed by atoms with van der Waals surface area (Å²) in [6.07, 6.45) is 6.92. The highest BCUT2D eigenvalue weighted by molar-refractivity contribution is 5.80. The maximum atomic E-state index is 10.9. The van der Waals surface area contributed by atoms with E-state index in [1.807, 2.05) is 6.07 Å². The van der Waals surface area contributed by atoms with Crippen LogP contribution in [0.1, 0.15) is 32.6 Å². The van der Waals surface area contributed by atoms with Crippen molar-refractivity contribution in [3.05, 3.63) is 12.4 Å². The average molecular weight is 262 g/mol. The van der Waals surface area contributed by atoms with Crippen molar-refractivity contribution in [1.82, 2.24) is 9.97 Å². The predicted molar refractivity (Wildman–Crippen MR) is 76.4 cm³/mol. The SMILES string of the molecule is CC(=O)CNc1cc(N(C)CCC2CCC2)ncn1. The van der Waals surface area contributed by atoms with Crippen molar-refractivity contribution < 1.29 is 4.79 Å². The minimum atomic E-state index is 0.0958. The van der Waals surface area contributed by atoms with E-state index in [4.69, 9.17) is 0 Å². The number of nitrogens with zero attached hydrogens (tertiary/aromatic N) is 3. The molecule has 0 unspecified atom stereocenters. The molecule has 0 aromatic carbocycles. The Bertz CT molecular complexity index is 431. The molecule has 1 aromatic heterocycles. The molecule has 1 aliphatic carbocycles. The van der Waals surface area contributed by atoms with Crippen molar-refractivity contribution in [3.8, 4) is 0 Å². The minimum absolute atomic E-state index is 0.0958. The first-order chi connectivity index (χ1) is 9.15. The molecule has 0 spiro atoms. The van der Waals surface area contributed by atoms with Gasteiger partial charge in [-0.3, -0.25) is 4.79 Å². The molecule has 0 bridgehead atoms. The Morgan fingerprint density at radius 2 is 2.26 bits per heavy atom. The number of carbonyl (C=O) groups is 1. The number of aromatic nitrogens is 2. The second kappa shape index (κ2) is 6.50. The third kappa shape index (κ3) is 4.19. The van der Waals surface area contributed by atoms with Gasteiger partial charge < -0.3 is 10.2 Å². The van der Waals surface area contributed by atoms with E-state index in [1.165, 1.54) is 32.0 Å². The minimum Gasteiger partial charge on any atom is -0.363 e. The van der Waals surface area contributed by atoms with Gasteiger partial charge in [0, 0.05) is 19.7 Å². The molecule has 2 rings (SSSR count). The van der Waals surface area contributed by atoms with Gasteiger partial charge in [0.05, 0.1) is 6.54 Å². The summed E-state index contributed by atoms with van der Waals surface area (Å²) in [6, 6.07) is 1.89. The maximum absolute atomic E-state index is 10.9. The fourth-order valence-corrected chi connectivity index (χ4v) is 2.14. The molecular formula is C14H22N4O. The van der Waals surface area contributed by atoms with Crippen LogP contribution in [0, 0.1) is 5.92 Å². The van der Waals surface area contributed by atoms with Gasteiger partial charge in [-0.15, -0.1) is 0 Å². The van der Waals surface area contributed by atoms with E-state index < -0.39 is 0 Å². The molecule has 1 N–H and O–H groups in total. The van der Waals surface area contributed by atoms with Gasteiger partial charge >= 0.3 is 0 Å². The van der Waals surface area contributed by atoms with E-state index in [2.05, 4.69) is 27.2 Å². The topological polar surface area (TPSA) is 58.1 Å². The van der Waals surface area contributed by atoms with Gasteiger partial charge in [0.1, 0.15) is 23.7 Å². The molecule has 1 saturated carbocycles. The van der Waals surface area contributed by atoms with Crippen molar-refractivity contribution in [2.75, 3.05) is 30.4 Å². The van der Waals surface area contributed by atoms with E-state index >= 15 is 0 Å². The largest absolute Gasteiger partial charge is 0.363 e. The van der Waals surface area contributed by atoms with Crippen LogP contribution in [0.15, 0.2) is 12.4 Å². The Morgan fingerprint density at radius 1 is 1.47 bits per heavy atom. The molecule has 1 fully saturated rings. The molecule has 19 heavy (non-hydrogen) atoms. The first-order valence-corrected chi connectivity index (χ1v) is 6.91. The lowest BCUT2D eigenvalue weighted by Crippen LogP contribution is -2.24. The van der Waals surface area contributed by atoms with Crippen molar-refractivity contribution in [2.45, 2.75) is 32.6 Å². The summed E-state index contributed by atoms with van der Waals surface area (Å²) in [6.45, 7) is 2.88. The molecule has 5 heteroatoms. The third-order valence-electron chi connectivity index (χ3n) is 3.66. The van der Waals surface area contributed by atoms with Gasteiger partial charge in [0.25, 0.3) is 0 Å². The van der Waals surface area contributed by atoms with Gasteiger partial charge in [-0.25, -0.2) is 9.97 Å². The summed E-state index contributed by atoms with van der Waals surface area (Å²) in [5.74, 6) is 2.61. The van der Waals surface area contributed by atoms with Crippen LogP contribution in [0.3, 0.4) is 0 Å². The highest BCUT2D eigenvalue weighted by Crippen LogP contribution is 2.29. The number of carbonyl (C=O) groups excluding carboxylic acids is 1. The van der Waals surface area contributed by atoms with E-state index in [9.17, 15) is 4.79 Å². The Hall–Kier alpha value is -1.65. The highest BCUT2D eigenvalue weighted by Gasteiger charge is 2.17. The third-order valence-corrected chi connectivity index (χ3v) is 3.66. The summed E-state index contributed by atoms with van der Waals surface area (Å²) in [5, 5.41) is 3.00. The fraction of sp³-hybridized carbons (Fsp3) is 0.643. The molecule has 1 aliphatic rings. The van der Waals surface area contributed by atoms with Crippen LogP contribution >= 0.6 is 0 Å². The lowest BCUT2D eigenvalue weighted by Gasteiger charge is -2.28. The number of Topliss-reactive ketones (excluding diaryl/α,β-unsaturated/α-hetero) is 1. The Kier molecular flexibility index (Phi) is 4.71. The smallest absolute Gasteiger partial charge is 0.148 e. The molecule has 0 radical (unpaired) electrons. The van der Waals surface area contributed by atoms with Crippen LogP contribution in [-0.4, -0.2) is 35.9 Å². The molecule has 0 atom stereocenters. The standard InChI is InChI=1S/C14H22N4O/c1-11(19)9-15-13-8-14(17-10-16-13)18(2)7-6-12-4-3-5-12/h8,10,12H,3-7,9H2,1-2H3,(H,15,16,17). The quantitative estimate of drug-likeness (QED) is 0.815. The van der Waals surface area contributed by atoms with Crippen LogP contribution < -0.4 is 10.2 Å². The van der Waals surface area contributed by atoms with Crippen LogP contribution in [-0.2, 0) is 4.79 Å². The number of hydrogen-bond donors (Lipinski definition) is 1. The summed E-state index contributed by atoms with van der Waals surface area (Å²) in [7, 11) is 2.05. The van der Waals surface area contributed by atoms with Crippen LogP contribution in [0.2, 0.25) is 0 Å². The van der Waals surface area contributed by atoms with Gasteiger partial charge in [0.2, 0.25) is 0 Å². The predicted octanol–water partition coefficient (Wildman–Crippen LogP) is 2.10. The first-order valence-electron chi connectivity index (χ1n) is 6.91. The fourth-order valence-electron chi connectivity index (χ4n) is 2.14. The van der Waals surface area contributed by atoms with Gasteiger partial charge in [-0.1, -0.05) is 19.3 Å². The molecule has 104 valence electrons. The van der Waals surface area contributed by atoms with Crippen LogP contribution in [0.5, 0.6) is 0 Å². The Labute approximate surface area is 114 Å². The average Bonchev–Trinajstić information content (AvgIpc) is 2.34. The van der Waals surface area contributed by atoms with Gasteiger partial charge in [-0.2, -0.15) is 0 Å². The van der Waals surface area contributed by atoms with E-state index in [0.29, 0.717) is 12.4 Å². The maximum Gasteiger partial charge on any atom is 0.148 e. The van der Waals surface area contributed by atoms with Crippen LogP contribution in [0.4, 0.5) is 11.6 Å². The molecule has 0 aliphatic heterocycles. The van der Waals surface area contributed by atoms with Crippen molar-refractivity contribution >= 4 is 17.4 Å². The summed E-state index contributed by atoms with van der Waals surface area (Å²) < 4.78 is 0. The van der Waals surface area contributed by atoms with Crippen LogP contribution in [0.25, 0.3) is 0 Å². The normalized spacial score (nSPS) is 14.8. The van der Waals surface area contributed by atoms with Crippen molar-refractivity contribution in [2.24, 2.45) is 5.92 Å². The highest BCUT2D eigenvalue weighted by atomic mass is 16.1. The molecular weight excluding hydrogens is 240 g/mol. The second-order valence-corrected chi connectivity index (χ2v) is 5.32. The Balaban J connectivity index is 1.86. The van der Waals surface area contributed by atoms with Crippen molar-refractivity contribution in [3.63, 3.8) is 0 Å². The van der Waals surface area contributed by atoms with Gasteiger partial charge in [-0.05, 0) is 19.3 Å². The summed E-state index contributed by atoms with van der Waals surface area (Å²) >= 11 is 0. The zero-order valence-electron chi connectivity index (χ0n) is 11.7. The second-order valence-electron chi connectivity index (χ2n) is 5.32. The lowest BCUT2D eigenvalue weighted by atomic mass is 9.83. The monoisotopic (exact) mass is 262 g/mol. The molecule has 0 amide bonds. The lowest BCUT2D eigenvalue weighted by molar-refractivity contribution is -0.115. The number of anilines is 2. The first kappa shape index (κ1) is 13.8. The molecule has 1 aromatic rings. The molecule has 5 nitrogen and oxygen atoms in total. The zero-order chi connectivity index (χ0) is 13.7. The zero-order valence-corrected chi connectivity index (χ0v) is 11.7. The van der Waals surface area contributed by atoms with E-state index in [1.54, 1.807) is 6.92 Å². The summed E-state index contributed by atoms with van der Waals surface area (Å²) in [5.41, 5.74) is 0.